The Morgan fingerprint density at radius 2 is 1.94 bits per heavy atom. The lowest BCUT2D eigenvalue weighted by Crippen LogP contribution is -2.06. The molecular weight excluding hydrogens is 535 g/mol. The highest BCUT2D eigenvalue weighted by atomic mass is 79.9. The SMILES string of the molecule is CCOc1cc(/C=C2\N=C(c3ccc(C)c([N+](=O)[O-])c3)OC2=O)cc(Br)c1OCc1ccccc1F. The number of nitro groups is 1. The summed E-state index contributed by atoms with van der Waals surface area (Å²) < 4.78 is 31.3. The molecule has 4 rings (SSSR count). The number of carbonyl (C=O) groups excluding carboxylic acids is 1. The maximum absolute atomic E-state index is 14.0. The highest BCUT2D eigenvalue weighted by Gasteiger charge is 2.26. The zero-order valence-corrected chi connectivity index (χ0v) is 20.9. The molecule has 0 radical (unpaired) electrons. The number of carbonyl (C=O) groups is 1. The van der Waals surface area contributed by atoms with Crippen LogP contribution in [0.15, 0.2) is 69.8 Å². The van der Waals surface area contributed by atoms with Gasteiger partial charge in [-0.1, -0.05) is 24.3 Å². The van der Waals surface area contributed by atoms with Crippen LogP contribution in [0.2, 0.25) is 0 Å². The van der Waals surface area contributed by atoms with Gasteiger partial charge in [-0.25, -0.2) is 14.2 Å². The van der Waals surface area contributed by atoms with Crippen molar-refractivity contribution in [3.05, 3.63) is 103 Å². The predicted octanol–water partition coefficient (Wildman–Crippen LogP) is 6.13. The van der Waals surface area contributed by atoms with Gasteiger partial charge in [-0.3, -0.25) is 10.1 Å². The van der Waals surface area contributed by atoms with Gasteiger partial charge in [0.1, 0.15) is 12.4 Å². The van der Waals surface area contributed by atoms with E-state index < -0.39 is 10.9 Å². The molecule has 1 aliphatic rings. The van der Waals surface area contributed by atoms with E-state index in [1.165, 1.54) is 18.2 Å². The fourth-order valence-electron chi connectivity index (χ4n) is 3.47. The van der Waals surface area contributed by atoms with Gasteiger partial charge in [0.05, 0.1) is 16.0 Å². The quantitative estimate of drug-likeness (QED) is 0.144. The lowest BCUT2D eigenvalue weighted by atomic mass is 10.1. The average Bonchev–Trinajstić information content (AvgIpc) is 3.20. The molecule has 0 saturated heterocycles. The fraction of sp³-hybridized carbons (Fsp3) is 0.154. The molecule has 0 amide bonds. The van der Waals surface area contributed by atoms with Crippen LogP contribution in [0.25, 0.3) is 6.08 Å². The van der Waals surface area contributed by atoms with Gasteiger partial charge in [-0.2, -0.15) is 0 Å². The Labute approximate surface area is 214 Å². The van der Waals surface area contributed by atoms with Crippen LogP contribution in [-0.4, -0.2) is 23.4 Å². The highest BCUT2D eigenvalue weighted by molar-refractivity contribution is 9.10. The monoisotopic (exact) mass is 554 g/mol. The van der Waals surface area contributed by atoms with Crippen molar-refractivity contribution in [2.45, 2.75) is 20.5 Å². The first-order chi connectivity index (χ1) is 17.3. The number of benzene rings is 3. The molecule has 184 valence electrons. The van der Waals surface area contributed by atoms with Crippen molar-refractivity contribution >= 4 is 39.6 Å². The molecule has 3 aromatic rings. The zero-order valence-electron chi connectivity index (χ0n) is 19.3. The van der Waals surface area contributed by atoms with Crippen molar-refractivity contribution in [2.24, 2.45) is 4.99 Å². The minimum absolute atomic E-state index is 0.00551. The smallest absolute Gasteiger partial charge is 0.363 e. The van der Waals surface area contributed by atoms with Gasteiger partial charge in [0, 0.05) is 22.8 Å². The van der Waals surface area contributed by atoms with E-state index >= 15 is 0 Å². The first-order valence-corrected chi connectivity index (χ1v) is 11.7. The second-order valence-electron chi connectivity index (χ2n) is 7.74. The zero-order chi connectivity index (χ0) is 25.8. The largest absolute Gasteiger partial charge is 0.490 e. The van der Waals surface area contributed by atoms with Gasteiger partial charge in [-0.15, -0.1) is 0 Å². The Kier molecular flexibility index (Phi) is 7.44. The topological polar surface area (TPSA) is 100 Å². The van der Waals surface area contributed by atoms with Crippen molar-refractivity contribution in [3.63, 3.8) is 0 Å². The molecule has 0 N–H and O–H groups in total. The van der Waals surface area contributed by atoms with E-state index in [-0.39, 0.29) is 29.7 Å². The van der Waals surface area contributed by atoms with Crippen LogP contribution in [0.3, 0.4) is 0 Å². The molecule has 10 heteroatoms. The summed E-state index contributed by atoms with van der Waals surface area (Å²) in [4.78, 5) is 27.4. The Morgan fingerprint density at radius 1 is 1.17 bits per heavy atom. The number of nitrogens with zero attached hydrogens (tertiary/aromatic N) is 2. The summed E-state index contributed by atoms with van der Waals surface area (Å²) in [7, 11) is 0. The molecule has 0 unspecified atom stereocenters. The minimum atomic E-state index is -0.692. The van der Waals surface area contributed by atoms with Gasteiger partial charge in [0.2, 0.25) is 5.90 Å². The molecule has 0 fully saturated rings. The van der Waals surface area contributed by atoms with Gasteiger partial charge < -0.3 is 14.2 Å². The summed E-state index contributed by atoms with van der Waals surface area (Å²) in [6, 6.07) is 14.2. The van der Waals surface area contributed by atoms with Crippen molar-refractivity contribution < 1.29 is 28.3 Å². The van der Waals surface area contributed by atoms with E-state index in [2.05, 4.69) is 20.9 Å². The number of hydrogen-bond donors (Lipinski definition) is 0. The Hall–Kier alpha value is -4.05. The molecule has 3 aromatic carbocycles. The number of halogens is 2. The summed E-state index contributed by atoms with van der Waals surface area (Å²) in [5.41, 5.74) is 1.68. The van der Waals surface area contributed by atoms with Gasteiger partial charge in [0.15, 0.2) is 17.2 Å². The first-order valence-electron chi connectivity index (χ1n) is 10.9. The number of cyclic esters (lactones) is 1. The van der Waals surface area contributed by atoms with E-state index in [1.54, 1.807) is 49.4 Å². The standard InChI is InChI=1S/C26H20BrFN2O6/c1-3-34-23-12-16(10-19(27)24(23)35-14-18-6-4-5-7-20(18)28)11-21-26(31)36-25(29-21)17-9-8-15(2)22(13-17)30(32)33/h4-13H,3,14H2,1-2H3/b21-11-. The highest BCUT2D eigenvalue weighted by Crippen LogP contribution is 2.38. The Balaban J connectivity index is 1.63. The number of nitro benzene ring substituents is 1. The average molecular weight is 555 g/mol. The fourth-order valence-corrected chi connectivity index (χ4v) is 4.04. The van der Waals surface area contributed by atoms with E-state index in [0.29, 0.717) is 44.8 Å². The van der Waals surface area contributed by atoms with Crippen LogP contribution in [0.4, 0.5) is 10.1 Å². The Morgan fingerprint density at radius 3 is 2.67 bits per heavy atom. The van der Waals surface area contributed by atoms with Crippen molar-refractivity contribution in [1.82, 2.24) is 0 Å². The number of esters is 1. The van der Waals surface area contributed by atoms with Crippen molar-refractivity contribution in [3.8, 4) is 11.5 Å². The third-order valence-corrected chi connectivity index (χ3v) is 5.83. The molecule has 36 heavy (non-hydrogen) atoms. The number of aryl methyl sites for hydroxylation is 1. The van der Waals surface area contributed by atoms with Crippen LogP contribution >= 0.6 is 15.9 Å². The summed E-state index contributed by atoms with van der Waals surface area (Å²) in [6.07, 6.45) is 1.51. The normalized spacial score (nSPS) is 13.9. The lowest BCUT2D eigenvalue weighted by molar-refractivity contribution is -0.385. The lowest BCUT2D eigenvalue weighted by Gasteiger charge is -2.15. The predicted molar refractivity (Wildman–Crippen MR) is 134 cm³/mol. The molecule has 0 aromatic heterocycles. The molecule has 1 heterocycles. The molecule has 0 aliphatic carbocycles. The second kappa shape index (κ2) is 10.7. The second-order valence-corrected chi connectivity index (χ2v) is 8.59. The number of ether oxygens (including phenoxy) is 3. The number of rotatable bonds is 8. The number of aliphatic imine (C=N–C) groups is 1. The van der Waals surface area contributed by atoms with Gasteiger partial charge in [0.25, 0.3) is 5.69 Å². The minimum Gasteiger partial charge on any atom is -0.490 e. The van der Waals surface area contributed by atoms with Crippen LogP contribution in [-0.2, 0) is 16.1 Å². The van der Waals surface area contributed by atoms with Crippen LogP contribution < -0.4 is 9.47 Å². The van der Waals surface area contributed by atoms with E-state index in [9.17, 15) is 19.3 Å². The van der Waals surface area contributed by atoms with Crippen molar-refractivity contribution in [2.75, 3.05) is 6.61 Å². The first kappa shape index (κ1) is 25.1. The molecule has 8 nitrogen and oxygen atoms in total. The summed E-state index contributed by atoms with van der Waals surface area (Å²) in [5, 5.41) is 11.2. The number of hydrogen-bond acceptors (Lipinski definition) is 7. The maximum atomic E-state index is 14.0. The summed E-state index contributed by atoms with van der Waals surface area (Å²) in [5.74, 6) is -0.321. The van der Waals surface area contributed by atoms with E-state index in [0.717, 1.165) is 0 Å². The molecule has 0 bridgehead atoms. The molecule has 0 spiro atoms. The molecule has 0 saturated carbocycles. The third-order valence-electron chi connectivity index (χ3n) is 5.24. The van der Waals surface area contributed by atoms with Crippen molar-refractivity contribution in [1.29, 1.82) is 0 Å². The maximum Gasteiger partial charge on any atom is 0.363 e. The summed E-state index contributed by atoms with van der Waals surface area (Å²) in [6.45, 7) is 3.77. The molecule has 1 aliphatic heterocycles. The van der Waals surface area contributed by atoms with Gasteiger partial charge >= 0.3 is 5.97 Å². The van der Waals surface area contributed by atoms with E-state index in [4.69, 9.17) is 14.2 Å². The summed E-state index contributed by atoms with van der Waals surface area (Å²) >= 11 is 3.46. The van der Waals surface area contributed by atoms with Gasteiger partial charge in [-0.05, 0) is 65.7 Å². The molecular formula is C26H20BrFN2O6. The van der Waals surface area contributed by atoms with Crippen LogP contribution in [0.1, 0.15) is 29.2 Å². The Bertz CT molecular complexity index is 1420. The van der Waals surface area contributed by atoms with Crippen LogP contribution in [0.5, 0.6) is 11.5 Å². The van der Waals surface area contributed by atoms with Crippen LogP contribution in [0, 0.1) is 22.9 Å². The molecule has 0 atom stereocenters. The van der Waals surface area contributed by atoms with E-state index in [1.807, 2.05) is 6.92 Å². The third kappa shape index (κ3) is 5.44.